The van der Waals surface area contributed by atoms with Crippen LogP contribution in [0.5, 0.6) is 0 Å². The predicted molar refractivity (Wildman–Crippen MR) is 133 cm³/mol. The minimum absolute atomic E-state index is 0.253. The molecule has 3 amide bonds. The molecular weight excluding hydrogens is 436 g/mol. The predicted octanol–water partition coefficient (Wildman–Crippen LogP) is 5.97. The van der Waals surface area contributed by atoms with Crippen LogP contribution in [0.4, 0.5) is 10.5 Å². The number of esters is 1. The third-order valence-electron chi connectivity index (χ3n) is 5.90. The van der Waals surface area contributed by atoms with Crippen LogP contribution in [0.1, 0.15) is 72.0 Å². The Balaban J connectivity index is 1.56. The van der Waals surface area contributed by atoms with E-state index in [-0.39, 0.29) is 17.9 Å². The molecule has 1 aliphatic rings. The lowest BCUT2D eigenvalue weighted by atomic mass is 10.0. The second-order valence-electron chi connectivity index (χ2n) is 8.29. The molecule has 1 N–H and O–H groups in total. The lowest BCUT2D eigenvalue weighted by molar-refractivity contribution is -0.120. The zero-order valence-electron chi connectivity index (χ0n) is 19.4. The van der Waals surface area contributed by atoms with Gasteiger partial charge in [0.1, 0.15) is 10.9 Å². The van der Waals surface area contributed by atoms with Gasteiger partial charge in [-0.05, 0) is 67.5 Å². The molecule has 1 aromatic heterocycles. The van der Waals surface area contributed by atoms with Crippen molar-refractivity contribution in [2.75, 3.05) is 12.0 Å². The Labute approximate surface area is 199 Å². The van der Waals surface area contributed by atoms with Crippen molar-refractivity contribution in [3.63, 3.8) is 0 Å². The van der Waals surface area contributed by atoms with Crippen molar-refractivity contribution >= 4 is 40.5 Å². The fraction of sp³-hybridized carbons (Fsp3) is 0.423. The van der Waals surface area contributed by atoms with Gasteiger partial charge < -0.3 is 4.74 Å². The average molecular weight is 469 g/mol. The van der Waals surface area contributed by atoms with E-state index in [1.54, 1.807) is 11.0 Å². The molecule has 2 heterocycles. The number of allylic oxidation sites excluding steroid dienone is 1. The number of rotatable bonds is 12. The minimum atomic E-state index is -0.509. The van der Waals surface area contributed by atoms with Gasteiger partial charge in [0.15, 0.2) is 0 Å². The van der Waals surface area contributed by atoms with Crippen molar-refractivity contribution in [1.29, 1.82) is 0 Å². The number of nitrogens with zero attached hydrogens (tertiary/aromatic N) is 1. The van der Waals surface area contributed by atoms with E-state index in [0.29, 0.717) is 11.3 Å². The van der Waals surface area contributed by atoms with Crippen molar-refractivity contribution in [2.45, 2.75) is 64.3 Å². The molecule has 0 radical (unpaired) electrons. The fourth-order valence-electron chi connectivity index (χ4n) is 4.02. The zero-order valence-corrected chi connectivity index (χ0v) is 20.2. The molecule has 1 fully saturated rings. The Kier molecular flexibility index (Phi) is 8.83. The molecule has 0 spiro atoms. The highest BCUT2D eigenvalue weighted by atomic mass is 32.1. The topological polar surface area (TPSA) is 75.7 Å². The molecule has 1 atom stereocenters. The lowest BCUT2D eigenvalue weighted by Crippen LogP contribution is -2.35. The molecule has 3 rings (SSSR count). The molecule has 1 aromatic carbocycles. The van der Waals surface area contributed by atoms with E-state index in [2.05, 4.69) is 18.8 Å². The number of anilines is 1. The Morgan fingerprint density at radius 1 is 1.09 bits per heavy atom. The molecule has 1 unspecified atom stereocenters. The first-order chi connectivity index (χ1) is 15.9. The number of hydrogen-bond donors (Lipinski definition) is 1. The Hall–Kier alpha value is -2.93. The molecule has 0 bridgehead atoms. The summed E-state index contributed by atoms with van der Waals surface area (Å²) in [6.45, 7) is 6.36. The fourth-order valence-corrected chi connectivity index (χ4v) is 4.98. The molecule has 176 valence electrons. The first-order valence-electron chi connectivity index (χ1n) is 11.5. The SMILES string of the molecule is C=C(CCCCC)c1ccc(N2C(=O)NC(=O)C2CCCCc2ccc(C(=O)OC)s2)cc1. The van der Waals surface area contributed by atoms with Crippen LogP contribution >= 0.6 is 11.3 Å². The maximum atomic E-state index is 12.5. The van der Waals surface area contributed by atoms with E-state index in [9.17, 15) is 14.4 Å². The molecule has 7 heteroatoms. The number of nitrogens with one attached hydrogen (secondary N) is 1. The van der Waals surface area contributed by atoms with Crippen LogP contribution < -0.4 is 10.2 Å². The quantitative estimate of drug-likeness (QED) is 0.237. The zero-order chi connectivity index (χ0) is 23.8. The van der Waals surface area contributed by atoms with E-state index in [4.69, 9.17) is 4.74 Å². The summed E-state index contributed by atoms with van der Waals surface area (Å²) >= 11 is 1.43. The van der Waals surface area contributed by atoms with Crippen LogP contribution in [0.15, 0.2) is 43.0 Å². The van der Waals surface area contributed by atoms with Gasteiger partial charge in [-0.3, -0.25) is 15.0 Å². The molecule has 2 aromatic rings. The molecular formula is C26H32N2O4S. The standard InChI is InChI=1S/C26H32N2O4S/c1-4-5-6-9-18(2)19-12-14-20(15-13-19)28-22(24(29)27-26(28)31)11-8-7-10-21-16-17-23(33-21)25(30)32-3/h12-17,22H,2,4-11H2,1,3H3,(H,27,29,31). The number of carbonyl (C=O) groups is 3. The van der Waals surface area contributed by atoms with Gasteiger partial charge >= 0.3 is 12.0 Å². The molecule has 6 nitrogen and oxygen atoms in total. The third kappa shape index (κ3) is 6.32. The number of unbranched alkanes of at least 4 members (excludes halogenated alkanes) is 3. The first-order valence-corrected chi connectivity index (χ1v) is 12.4. The average Bonchev–Trinajstić information content (AvgIpc) is 3.40. The van der Waals surface area contributed by atoms with Crippen molar-refractivity contribution in [3.8, 4) is 0 Å². The van der Waals surface area contributed by atoms with Crippen molar-refractivity contribution < 1.29 is 19.1 Å². The monoisotopic (exact) mass is 468 g/mol. The molecule has 0 aliphatic carbocycles. The summed E-state index contributed by atoms with van der Waals surface area (Å²) in [5, 5.41) is 2.45. The molecule has 1 saturated heterocycles. The van der Waals surface area contributed by atoms with E-state index < -0.39 is 6.04 Å². The minimum Gasteiger partial charge on any atom is -0.465 e. The number of hydrogen-bond acceptors (Lipinski definition) is 5. The summed E-state index contributed by atoms with van der Waals surface area (Å²) in [6.07, 6.45) is 7.50. The summed E-state index contributed by atoms with van der Waals surface area (Å²) in [6, 6.07) is 10.6. The summed E-state index contributed by atoms with van der Waals surface area (Å²) in [4.78, 5) is 39.7. The maximum absolute atomic E-state index is 12.5. The highest BCUT2D eigenvalue weighted by molar-refractivity contribution is 7.13. The van der Waals surface area contributed by atoms with Crippen molar-refractivity contribution in [2.24, 2.45) is 0 Å². The van der Waals surface area contributed by atoms with Crippen molar-refractivity contribution in [3.05, 3.63) is 58.3 Å². The largest absolute Gasteiger partial charge is 0.465 e. The van der Waals surface area contributed by atoms with Crippen molar-refractivity contribution in [1.82, 2.24) is 5.32 Å². The van der Waals surface area contributed by atoms with E-state index in [1.807, 2.05) is 30.3 Å². The van der Waals surface area contributed by atoms with E-state index in [0.717, 1.165) is 53.8 Å². The number of thiophene rings is 1. The van der Waals surface area contributed by atoms with Crippen LogP contribution in [-0.4, -0.2) is 31.1 Å². The maximum Gasteiger partial charge on any atom is 0.348 e. The van der Waals surface area contributed by atoms with Gasteiger partial charge in [0.25, 0.3) is 5.91 Å². The number of benzene rings is 1. The summed E-state index contributed by atoms with van der Waals surface area (Å²) in [7, 11) is 1.37. The van der Waals surface area contributed by atoms with Crippen LogP contribution in [0, 0.1) is 0 Å². The van der Waals surface area contributed by atoms with Gasteiger partial charge in [-0.2, -0.15) is 0 Å². The first kappa shape index (κ1) is 24.7. The highest BCUT2D eigenvalue weighted by Crippen LogP contribution is 2.28. The van der Waals surface area contributed by atoms with E-state index in [1.165, 1.54) is 31.3 Å². The van der Waals surface area contributed by atoms with Gasteiger partial charge in [0.2, 0.25) is 0 Å². The third-order valence-corrected chi connectivity index (χ3v) is 7.02. The second-order valence-corrected chi connectivity index (χ2v) is 9.46. The Morgan fingerprint density at radius 2 is 1.85 bits per heavy atom. The van der Waals surface area contributed by atoms with Crippen LogP contribution in [0.2, 0.25) is 0 Å². The van der Waals surface area contributed by atoms with E-state index >= 15 is 0 Å². The smallest absolute Gasteiger partial charge is 0.348 e. The Morgan fingerprint density at radius 3 is 2.55 bits per heavy atom. The molecule has 33 heavy (non-hydrogen) atoms. The van der Waals surface area contributed by atoms with Gasteiger partial charge in [-0.15, -0.1) is 11.3 Å². The lowest BCUT2D eigenvalue weighted by Gasteiger charge is -2.22. The summed E-state index contributed by atoms with van der Waals surface area (Å²) in [5.74, 6) is -0.573. The summed E-state index contributed by atoms with van der Waals surface area (Å²) in [5.41, 5.74) is 2.88. The number of amides is 3. The molecule has 0 saturated carbocycles. The van der Waals surface area contributed by atoms with Crippen LogP contribution in [-0.2, 0) is 16.0 Å². The Bertz CT molecular complexity index is 996. The van der Waals surface area contributed by atoms with Crippen LogP contribution in [0.25, 0.3) is 5.57 Å². The summed E-state index contributed by atoms with van der Waals surface area (Å²) < 4.78 is 4.75. The number of imide groups is 1. The highest BCUT2D eigenvalue weighted by Gasteiger charge is 2.38. The van der Waals surface area contributed by atoms with Gasteiger partial charge in [-0.25, -0.2) is 9.59 Å². The number of carbonyl (C=O) groups excluding carboxylic acids is 3. The van der Waals surface area contributed by atoms with Gasteiger partial charge in [0, 0.05) is 10.6 Å². The van der Waals surface area contributed by atoms with Crippen LogP contribution in [0.3, 0.4) is 0 Å². The molecule has 1 aliphatic heterocycles. The van der Waals surface area contributed by atoms with Gasteiger partial charge in [0.05, 0.1) is 7.11 Å². The number of ether oxygens (including phenoxy) is 1. The number of urea groups is 1. The van der Waals surface area contributed by atoms with Gasteiger partial charge in [-0.1, -0.05) is 44.9 Å². The number of aryl methyl sites for hydroxylation is 1. The number of methoxy groups -OCH3 is 1. The normalized spacial score (nSPS) is 15.6. The second kappa shape index (κ2) is 11.8.